The van der Waals surface area contributed by atoms with Crippen LogP contribution in [0.4, 0.5) is 0 Å². The SMILES string of the molecule is COC(=O)c1ccc(Cn2nnc3c2C(=O)c2cnccc2C3=O)cc1. The summed E-state index contributed by atoms with van der Waals surface area (Å²) in [7, 11) is 1.31. The Balaban J connectivity index is 1.68. The van der Waals surface area contributed by atoms with Gasteiger partial charge in [0.05, 0.1) is 24.8 Å². The fourth-order valence-electron chi connectivity index (χ4n) is 2.87. The number of fused-ring (bicyclic) bond motifs is 2. The number of methoxy groups -OCH3 is 1. The van der Waals surface area contributed by atoms with Gasteiger partial charge in [-0.25, -0.2) is 9.48 Å². The zero-order valence-electron chi connectivity index (χ0n) is 13.7. The van der Waals surface area contributed by atoms with Crippen LogP contribution < -0.4 is 0 Å². The van der Waals surface area contributed by atoms with E-state index in [0.717, 1.165) is 5.56 Å². The summed E-state index contributed by atoms with van der Waals surface area (Å²) >= 11 is 0. The summed E-state index contributed by atoms with van der Waals surface area (Å²) in [5, 5.41) is 7.85. The summed E-state index contributed by atoms with van der Waals surface area (Å²) in [6.45, 7) is 0.235. The quantitative estimate of drug-likeness (QED) is 0.514. The van der Waals surface area contributed by atoms with Crippen LogP contribution in [0, 0.1) is 0 Å². The molecule has 8 heteroatoms. The number of carbonyl (C=O) groups is 3. The molecule has 0 fully saturated rings. The summed E-state index contributed by atoms with van der Waals surface area (Å²) < 4.78 is 6.05. The number of carbonyl (C=O) groups excluding carboxylic acids is 3. The summed E-state index contributed by atoms with van der Waals surface area (Å²) in [4.78, 5) is 40.7. The molecule has 1 aliphatic rings. The van der Waals surface area contributed by atoms with Crippen molar-refractivity contribution in [1.82, 2.24) is 20.0 Å². The normalized spacial score (nSPS) is 12.5. The predicted molar refractivity (Wildman–Crippen MR) is 88.0 cm³/mol. The molecule has 0 unspecified atom stereocenters. The van der Waals surface area contributed by atoms with Crippen molar-refractivity contribution in [2.24, 2.45) is 0 Å². The second-order valence-corrected chi connectivity index (χ2v) is 5.71. The van der Waals surface area contributed by atoms with E-state index in [1.807, 2.05) is 0 Å². The van der Waals surface area contributed by atoms with Crippen molar-refractivity contribution in [3.63, 3.8) is 0 Å². The van der Waals surface area contributed by atoms with Gasteiger partial charge in [0.15, 0.2) is 5.69 Å². The van der Waals surface area contributed by atoms with Gasteiger partial charge < -0.3 is 4.74 Å². The maximum absolute atomic E-state index is 12.8. The molecule has 1 aliphatic carbocycles. The lowest BCUT2D eigenvalue weighted by Crippen LogP contribution is -2.24. The lowest BCUT2D eigenvalue weighted by atomic mass is 9.91. The third-order valence-corrected chi connectivity index (χ3v) is 4.18. The van der Waals surface area contributed by atoms with Gasteiger partial charge in [-0.2, -0.15) is 0 Å². The van der Waals surface area contributed by atoms with Crippen LogP contribution in [0.15, 0.2) is 42.7 Å². The largest absolute Gasteiger partial charge is 0.465 e. The van der Waals surface area contributed by atoms with Crippen LogP contribution in [0.25, 0.3) is 0 Å². The molecule has 0 saturated carbocycles. The maximum Gasteiger partial charge on any atom is 0.337 e. The highest BCUT2D eigenvalue weighted by Gasteiger charge is 2.35. The molecule has 2 heterocycles. The van der Waals surface area contributed by atoms with E-state index in [-0.39, 0.29) is 40.6 Å². The van der Waals surface area contributed by atoms with E-state index in [0.29, 0.717) is 5.56 Å². The second kappa shape index (κ2) is 5.99. The van der Waals surface area contributed by atoms with Gasteiger partial charge in [-0.1, -0.05) is 17.3 Å². The zero-order valence-corrected chi connectivity index (χ0v) is 13.7. The molecule has 0 atom stereocenters. The molecule has 0 bridgehead atoms. The summed E-state index contributed by atoms with van der Waals surface area (Å²) in [6.07, 6.45) is 2.84. The number of nitrogens with zero attached hydrogens (tertiary/aromatic N) is 4. The van der Waals surface area contributed by atoms with E-state index in [1.165, 1.54) is 30.3 Å². The standard InChI is InChI=1S/C18H12N4O4/c1-26-18(25)11-4-2-10(3-5-11)9-22-15-14(20-21-22)16(23)12-6-7-19-8-13(12)17(15)24/h2-8H,9H2,1H3. The first kappa shape index (κ1) is 15.8. The highest BCUT2D eigenvalue weighted by atomic mass is 16.5. The monoisotopic (exact) mass is 348 g/mol. The molecule has 3 aromatic rings. The third kappa shape index (κ3) is 2.39. The van der Waals surface area contributed by atoms with Gasteiger partial charge >= 0.3 is 5.97 Å². The van der Waals surface area contributed by atoms with Gasteiger partial charge in [0, 0.05) is 18.0 Å². The van der Waals surface area contributed by atoms with Gasteiger partial charge in [0.2, 0.25) is 11.6 Å². The zero-order chi connectivity index (χ0) is 18.3. The minimum atomic E-state index is -0.431. The maximum atomic E-state index is 12.8. The summed E-state index contributed by atoms with van der Waals surface area (Å²) in [5.74, 6) is -1.11. The number of ether oxygens (including phenoxy) is 1. The highest BCUT2D eigenvalue weighted by Crippen LogP contribution is 2.25. The molecule has 0 amide bonds. The first-order valence-electron chi connectivity index (χ1n) is 7.74. The Labute approximate surface area is 147 Å². The van der Waals surface area contributed by atoms with Crippen LogP contribution in [-0.4, -0.2) is 44.6 Å². The van der Waals surface area contributed by atoms with Crippen LogP contribution in [0.2, 0.25) is 0 Å². The summed E-state index contributed by atoms with van der Waals surface area (Å²) in [6, 6.07) is 8.20. The number of hydrogen-bond donors (Lipinski definition) is 0. The van der Waals surface area contributed by atoms with Crippen molar-refractivity contribution in [3.05, 3.63) is 76.4 Å². The van der Waals surface area contributed by atoms with Gasteiger partial charge in [-0.05, 0) is 23.8 Å². The van der Waals surface area contributed by atoms with Crippen molar-refractivity contribution < 1.29 is 19.1 Å². The Morgan fingerprint density at radius 3 is 2.58 bits per heavy atom. The molecular formula is C18H12N4O4. The first-order valence-corrected chi connectivity index (χ1v) is 7.74. The Hall–Kier alpha value is -3.68. The number of rotatable bonds is 3. The van der Waals surface area contributed by atoms with Gasteiger partial charge in [-0.3, -0.25) is 14.6 Å². The molecule has 0 spiro atoms. The molecule has 0 saturated heterocycles. The minimum absolute atomic E-state index is 0.0416. The number of pyridine rings is 1. The first-order chi connectivity index (χ1) is 12.6. The smallest absolute Gasteiger partial charge is 0.337 e. The van der Waals surface area contributed by atoms with Gasteiger partial charge in [0.25, 0.3) is 0 Å². The average Bonchev–Trinajstić information content (AvgIpc) is 3.10. The molecule has 26 heavy (non-hydrogen) atoms. The van der Waals surface area contributed by atoms with E-state index in [2.05, 4.69) is 20.0 Å². The van der Waals surface area contributed by atoms with Crippen LogP contribution in [0.3, 0.4) is 0 Å². The lowest BCUT2D eigenvalue weighted by molar-refractivity contribution is 0.0600. The molecule has 4 rings (SSSR count). The minimum Gasteiger partial charge on any atom is -0.465 e. The topological polar surface area (TPSA) is 104 Å². The van der Waals surface area contributed by atoms with Gasteiger partial charge in [0.1, 0.15) is 5.69 Å². The van der Waals surface area contributed by atoms with Crippen molar-refractivity contribution in [2.45, 2.75) is 6.54 Å². The molecule has 2 aromatic heterocycles. The average molecular weight is 348 g/mol. The molecule has 0 radical (unpaired) electrons. The summed E-state index contributed by atoms with van der Waals surface area (Å²) in [5.41, 5.74) is 1.93. The molecule has 128 valence electrons. The van der Waals surface area contributed by atoms with E-state index in [9.17, 15) is 14.4 Å². The molecule has 1 aromatic carbocycles. The van der Waals surface area contributed by atoms with Crippen LogP contribution in [0.5, 0.6) is 0 Å². The van der Waals surface area contributed by atoms with Gasteiger partial charge in [-0.15, -0.1) is 5.10 Å². The molecule has 8 nitrogen and oxygen atoms in total. The van der Waals surface area contributed by atoms with Crippen molar-refractivity contribution in [1.29, 1.82) is 0 Å². The van der Waals surface area contributed by atoms with Crippen LogP contribution in [-0.2, 0) is 11.3 Å². The van der Waals surface area contributed by atoms with Crippen molar-refractivity contribution in [2.75, 3.05) is 7.11 Å². The van der Waals surface area contributed by atoms with E-state index >= 15 is 0 Å². The van der Waals surface area contributed by atoms with Crippen LogP contribution in [0.1, 0.15) is 48.0 Å². The number of hydrogen-bond acceptors (Lipinski definition) is 7. The Morgan fingerprint density at radius 1 is 1.08 bits per heavy atom. The number of esters is 1. The Kier molecular flexibility index (Phi) is 3.65. The van der Waals surface area contributed by atoms with E-state index in [4.69, 9.17) is 0 Å². The molecular weight excluding hydrogens is 336 g/mol. The fraction of sp³-hybridized carbons (Fsp3) is 0.111. The third-order valence-electron chi connectivity index (χ3n) is 4.18. The predicted octanol–water partition coefficient (Wildman–Crippen LogP) is 1.28. The number of aromatic nitrogens is 4. The fourth-order valence-corrected chi connectivity index (χ4v) is 2.87. The lowest BCUT2D eigenvalue weighted by Gasteiger charge is -2.14. The Bertz CT molecular complexity index is 1050. The second-order valence-electron chi connectivity index (χ2n) is 5.71. The highest BCUT2D eigenvalue weighted by molar-refractivity contribution is 6.26. The Morgan fingerprint density at radius 2 is 1.85 bits per heavy atom. The number of benzene rings is 1. The van der Waals surface area contributed by atoms with Crippen molar-refractivity contribution in [3.8, 4) is 0 Å². The van der Waals surface area contributed by atoms with E-state index in [1.54, 1.807) is 24.3 Å². The van der Waals surface area contributed by atoms with Crippen LogP contribution >= 0.6 is 0 Å². The van der Waals surface area contributed by atoms with Crippen molar-refractivity contribution >= 4 is 17.5 Å². The number of ketones is 2. The molecule has 0 N–H and O–H groups in total. The van der Waals surface area contributed by atoms with E-state index < -0.39 is 5.97 Å². The molecule has 0 aliphatic heterocycles.